The number of hydrogen-bond acceptors (Lipinski definition) is 0. The van der Waals surface area contributed by atoms with E-state index in [1.807, 2.05) is 12.1 Å². The van der Waals surface area contributed by atoms with Gasteiger partial charge in [0.25, 0.3) is 0 Å². The summed E-state index contributed by atoms with van der Waals surface area (Å²) in [5.41, 5.74) is -3.15. The molecule has 1 aromatic heterocycles. The van der Waals surface area contributed by atoms with E-state index in [2.05, 4.69) is 20.8 Å². The molecular weight excluding hydrogens is 257 g/mol. The number of thiophene rings is 1. The summed E-state index contributed by atoms with van der Waals surface area (Å²) in [4.78, 5) is 0.406. The van der Waals surface area contributed by atoms with Gasteiger partial charge in [-0.3, -0.25) is 0 Å². The van der Waals surface area contributed by atoms with Crippen LogP contribution in [0, 0.1) is 6.92 Å². The number of benzene rings is 1. The Morgan fingerprint density at radius 3 is 2.11 bits per heavy atom. The molecule has 0 aliphatic carbocycles. The van der Waals surface area contributed by atoms with Crippen LogP contribution in [-0.4, -0.2) is 0 Å². The maximum absolute atomic E-state index is 13.0. The van der Waals surface area contributed by atoms with Gasteiger partial charge in [-0.15, -0.1) is 13.2 Å². The van der Waals surface area contributed by atoms with Crippen molar-refractivity contribution in [2.45, 2.75) is 38.6 Å². The third kappa shape index (κ3) is 2.26. The third-order valence-electron chi connectivity index (χ3n) is 3.01. The zero-order valence-electron chi connectivity index (χ0n) is 10.9. The van der Waals surface area contributed by atoms with E-state index in [0.29, 0.717) is 9.58 Å². The molecule has 18 heavy (non-hydrogen) atoms. The van der Waals surface area contributed by atoms with Crippen molar-refractivity contribution in [3.8, 4) is 0 Å². The molecule has 1 unspecified atom stereocenters. The molecule has 0 saturated heterocycles. The molecule has 0 amide bonds. The van der Waals surface area contributed by atoms with Crippen molar-refractivity contribution in [2.75, 3.05) is 0 Å². The Kier molecular flexibility index (Phi) is 2.97. The number of alkyl halides is 3. The van der Waals surface area contributed by atoms with Crippen molar-refractivity contribution in [2.24, 2.45) is 0 Å². The number of halogens is 3. The summed E-state index contributed by atoms with van der Waals surface area (Å²) >= 11 is 0. The fourth-order valence-corrected chi connectivity index (χ4v) is 3.84. The molecular formula is C14H16F3S+. The molecule has 0 aliphatic rings. The Balaban J connectivity index is 2.70. The molecule has 0 N–H and O–H groups in total. The standard InChI is InChI=1S/C14H16F3S/c1-9-7-10-8-11(13(2,3)4)5-6-12(10)18(9)14(15,16)17/h5-8H,1-4H3/q+1. The predicted molar refractivity (Wildman–Crippen MR) is 71.2 cm³/mol. The Labute approximate surface area is 107 Å². The van der Waals surface area contributed by atoms with Gasteiger partial charge in [0.1, 0.15) is 0 Å². The first-order chi connectivity index (χ1) is 8.10. The van der Waals surface area contributed by atoms with E-state index in [9.17, 15) is 13.2 Å². The summed E-state index contributed by atoms with van der Waals surface area (Å²) < 4.78 is 39.4. The second-order valence-electron chi connectivity index (χ2n) is 5.51. The van der Waals surface area contributed by atoms with E-state index in [-0.39, 0.29) is 5.41 Å². The molecule has 0 fully saturated rings. The van der Waals surface area contributed by atoms with Crippen molar-refractivity contribution >= 4 is 20.6 Å². The van der Waals surface area contributed by atoms with Crippen LogP contribution in [0.1, 0.15) is 31.2 Å². The highest BCUT2D eigenvalue weighted by molar-refractivity contribution is 7.38. The average molecular weight is 273 g/mol. The molecule has 1 atom stereocenters. The largest absolute Gasteiger partial charge is 0.600 e. The number of rotatable bonds is 0. The fourth-order valence-electron chi connectivity index (χ4n) is 2.07. The molecule has 98 valence electrons. The first-order valence-electron chi connectivity index (χ1n) is 5.74. The number of hydrogen-bond donors (Lipinski definition) is 0. The predicted octanol–water partition coefficient (Wildman–Crippen LogP) is 5.67. The van der Waals surface area contributed by atoms with Crippen LogP contribution in [0.15, 0.2) is 24.3 Å². The summed E-state index contributed by atoms with van der Waals surface area (Å²) in [5, 5.41) is 0.723. The first kappa shape index (κ1) is 13.4. The smallest absolute Gasteiger partial charge is 0.118 e. The molecule has 0 spiro atoms. The van der Waals surface area contributed by atoms with Crippen LogP contribution in [0.2, 0.25) is 0 Å². The second kappa shape index (κ2) is 3.98. The van der Waals surface area contributed by atoms with Crippen LogP contribution in [0.3, 0.4) is 0 Å². The summed E-state index contributed by atoms with van der Waals surface area (Å²) in [6, 6.07) is 7.01. The normalized spacial score (nSPS) is 14.3. The van der Waals surface area contributed by atoms with Gasteiger partial charge in [0.2, 0.25) is 0 Å². The van der Waals surface area contributed by atoms with Crippen LogP contribution in [0.5, 0.6) is 0 Å². The van der Waals surface area contributed by atoms with Crippen LogP contribution in [-0.2, 0) is 10.9 Å². The minimum atomic E-state index is -4.17. The van der Waals surface area contributed by atoms with Crippen molar-refractivity contribution < 1.29 is 13.2 Å². The van der Waals surface area contributed by atoms with Gasteiger partial charge in [0, 0.05) is 18.4 Å². The van der Waals surface area contributed by atoms with Gasteiger partial charge >= 0.3 is 5.51 Å². The molecule has 2 rings (SSSR count). The van der Waals surface area contributed by atoms with Gasteiger partial charge in [-0.1, -0.05) is 26.8 Å². The number of fused-ring (bicyclic) bond motifs is 1. The summed E-state index contributed by atoms with van der Waals surface area (Å²) in [5.74, 6) is 0. The monoisotopic (exact) mass is 273 g/mol. The highest BCUT2D eigenvalue weighted by atomic mass is 32.2. The minimum Gasteiger partial charge on any atom is -0.118 e. The van der Waals surface area contributed by atoms with Crippen molar-refractivity contribution in [3.05, 3.63) is 34.7 Å². The molecule has 0 nitrogen and oxygen atoms in total. The Hall–Kier alpha value is -1.03. The van der Waals surface area contributed by atoms with Crippen molar-refractivity contribution in [1.82, 2.24) is 0 Å². The maximum Gasteiger partial charge on any atom is 0.600 e. The Morgan fingerprint density at radius 2 is 1.61 bits per heavy atom. The zero-order valence-corrected chi connectivity index (χ0v) is 11.7. The number of aryl methyl sites for hydroxylation is 1. The van der Waals surface area contributed by atoms with E-state index in [0.717, 1.165) is 10.9 Å². The van der Waals surface area contributed by atoms with Crippen LogP contribution < -0.4 is 0 Å². The summed E-state index contributed by atoms with van der Waals surface area (Å²) in [6.07, 6.45) is 0. The highest BCUT2D eigenvalue weighted by Crippen LogP contribution is 2.50. The summed E-state index contributed by atoms with van der Waals surface area (Å²) in [6.45, 7) is 7.74. The molecule has 1 heterocycles. The quantitative estimate of drug-likeness (QED) is 0.542. The molecule has 0 radical (unpaired) electrons. The van der Waals surface area contributed by atoms with Crippen LogP contribution in [0.4, 0.5) is 13.2 Å². The third-order valence-corrected chi connectivity index (χ3v) is 5.04. The molecule has 4 heteroatoms. The molecule has 0 bridgehead atoms. The van der Waals surface area contributed by atoms with E-state index >= 15 is 0 Å². The fraction of sp³-hybridized carbons (Fsp3) is 0.429. The lowest BCUT2D eigenvalue weighted by molar-refractivity contribution is -0.0867. The van der Waals surface area contributed by atoms with Gasteiger partial charge in [0.05, 0.1) is 10.5 Å². The van der Waals surface area contributed by atoms with E-state index in [1.165, 1.54) is 0 Å². The first-order valence-corrected chi connectivity index (χ1v) is 6.97. The SMILES string of the molecule is Cc1cc2cc(C(C)(C)C)ccc2[s+]1C(F)(F)F. The Morgan fingerprint density at radius 1 is 1.00 bits per heavy atom. The van der Waals surface area contributed by atoms with Crippen molar-refractivity contribution in [3.63, 3.8) is 0 Å². The lowest BCUT2D eigenvalue weighted by atomic mass is 9.87. The van der Waals surface area contributed by atoms with Gasteiger partial charge < -0.3 is 0 Å². The lowest BCUT2D eigenvalue weighted by Crippen LogP contribution is -2.10. The van der Waals surface area contributed by atoms with Crippen LogP contribution >= 0.6 is 10.5 Å². The van der Waals surface area contributed by atoms with E-state index in [1.54, 1.807) is 19.1 Å². The van der Waals surface area contributed by atoms with Gasteiger partial charge in [0.15, 0.2) is 9.58 Å². The lowest BCUT2D eigenvalue weighted by Gasteiger charge is -2.18. The van der Waals surface area contributed by atoms with Gasteiger partial charge in [-0.25, -0.2) is 0 Å². The zero-order chi connectivity index (χ0) is 13.7. The topological polar surface area (TPSA) is 0 Å². The molecule has 0 aliphatic heterocycles. The van der Waals surface area contributed by atoms with Crippen molar-refractivity contribution in [1.29, 1.82) is 0 Å². The molecule has 0 saturated carbocycles. The van der Waals surface area contributed by atoms with Gasteiger partial charge in [-0.05, 0) is 23.1 Å². The van der Waals surface area contributed by atoms with Crippen LogP contribution in [0.25, 0.3) is 10.1 Å². The molecule has 2 aromatic rings. The Bertz CT molecular complexity index is 585. The summed E-state index contributed by atoms with van der Waals surface area (Å²) in [7, 11) is -1.74. The van der Waals surface area contributed by atoms with E-state index < -0.39 is 16.0 Å². The maximum atomic E-state index is 13.0. The van der Waals surface area contributed by atoms with Gasteiger partial charge in [-0.2, -0.15) is 0 Å². The molecule has 1 aromatic carbocycles. The van der Waals surface area contributed by atoms with E-state index in [4.69, 9.17) is 0 Å². The average Bonchev–Trinajstić information content (AvgIpc) is 2.49. The minimum absolute atomic E-state index is 0.0454. The second-order valence-corrected chi connectivity index (χ2v) is 7.67. The highest BCUT2D eigenvalue weighted by Gasteiger charge is 2.46.